The van der Waals surface area contributed by atoms with Crippen LogP contribution in [0.25, 0.3) is 0 Å². The van der Waals surface area contributed by atoms with E-state index in [1.807, 2.05) is 0 Å². The standard InChI is InChI=1S/C14H19NO5/c1-10-2-3-12(20-10)14(18)15(7-4-13(16)17)11-5-8-19-9-6-11/h2-3,11H,4-9H2,1H3,(H,16,17). The molecule has 1 aromatic heterocycles. The number of carbonyl (C=O) groups is 2. The maximum atomic E-state index is 12.5. The number of carboxylic acid groups (broad SMARTS) is 1. The van der Waals surface area contributed by atoms with Crippen molar-refractivity contribution >= 4 is 11.9 Å². The summed E-state index contributed by atoms with van der Waals surface area (Å²) in [5.74, 6) is -0.227. The quantitative estimate of drug-likeness (QED) is 0.888. The van der Waals surface area contributed by atoms with Gasteiger partial charge in [0.05, 0.1) is 6.42 Å². The van der Waals surface area contributed by atoms with Gasteiger partial charge in [0.15, 0.2) is 5.76 Å². The molecule has 1 aliphatic rings. The van der Waals surface area contributed by atoms with Crippen molar-refractivity contribution in [3.8, 4) is 0 Å². The van der Waals surface area contributed by atoms with Crippen molar-refractivity contribution in [2.24, 2.45) is 0 Å². The fourth-order valence-corrected chi connectivity index (χ4v) is 2.35. The van der Waals surface area contributed by atoms with Gasteiger partial charge in [0.25, 0.3) is 5.91 Å². The lowest BCUT2D eigenvalue weighted by Crippen LogP contribution is -2.44. The number of furan rings is 1. The van der Waals surface area contributed by atoms with Crippen molar-refractivity contribution in [3.05, 3.63) is 23.7 Å². The summed E-state index contributed by atoms with van der Waals surface area (Å²) in [5, 5.41) is 8.83. The Morgan fingerprint density at radius 3 is 2.60 bits per heavy atom. The summed E-state index contributed by atoms with van der Waals surface area (Å²) in [7, 11) is 0. The van der Waals surface area contributed by atoms with Crippen molar-refractivity contribution in [3.63, 3.8) is 0 Å². The minimum atomic E-state index is -0.912. The number of hydrogen-bond donors (Lipinski definition) is 1. The van der Waals surface area contributed by atoms with Gasteiger partial charge in [0.1, 0.15) is 5.76 Å². The lowest BCUT2D eigenvalue weighted by molar-refractivity contribution is -0.137. The average molecular weight is 281 g/mol. The van der Waals surface area contributed by atoms with Crippen LogP contribution in [0.4, 0.5) is 0 Å². The SMILES string of the molecule is Cc1ccc(C(=O)N(CCC(=O)O)C2CCOCC2)o1. The van der Waals surface area contributed by atoms with Crippen molar-refractivity contribution in [1.82, 2.24) is 4.90 Å². The summed E-state index contributed by atoms with van der Waals surface area (Å²) in [5.41, 5.74) is 0. The van der Waals surface area contributed by atoms with Gasteiger partial charge >= 0.3 is 5.97 Å². The van der Waals surface area contributed by atoms with Crippen LogP contribution in [0.2, 0.25) is 0 Å². The highest BCUT2D eigenvalue weighted by Crippen LogP contribution is 2.19. The minimum absolute atomic E-state index is 0.0148. The van der Waals surface area contributed by atoms with E-state index in [1.165, 1.54) is 0 Å². The molecule has 1 aliphatic heterocycles. The number of nitrogens with zero attached hydrogens (tertiary/aromatic N) is 1. The molecule has 0 spiro atoms. The van der Waals surface area contributed by atoms with Crippen LogP contribution in [0.1, 0.15) is 35.6 Å². The smallest absolute Gasteiger partial charge is 0.305 e. The molecule has 0 aliphatic carbocycles. The molecule has 1 aromatic rings. The Morgan fingerprint density at radius 2 is 2.05 bits per heavy atom. The fourth-order valence-electron chi connectivity index (χ4n) is 2.35. The Labute approximate surface area is 117 Å². The molecule has 0 radical (unpaired) electrons. The molecule has 2 rings (SSSR count). The lowest BCUT2D eigenvalue weighted by atomic mass is 10.1. The Hall–Kier alpha value is -1.82. The molecule has 0 saturated carbocycles. The monoisotopic (exact) mass is 281 g/mol. The van der Waals surface area contributed by atoms with Crippen LogP contribution in [0.5, 0.6) is 0 Å². The summed E-state index contributed by atoms with van der Waals surface area (Å²) in [6.45, 7) is 3.16. The third kappa shape index (κ3) is 3.60. The maximum Gasteiger partial charge on any atom is 0.305 e. The first kappa shape index (κ1) is 14.6. The summed E-state index contributed by atoms with van der Waals surface area (Å²) in [6, 6.07) is 3.37. The van der Waals surface area contributed by atoms with Crippen LogP contribution < -0.4 is 0 Å². The van der Waals surface area contributed by atoms with Crippen LogP contribution in [0.3, 0.4) is 0 Å². The molecular formula is C14H19NO5. The second-order valence-electron chi connectivity index (χ2n) is 4.90. The predicted octanol–water partition coefficient (Wildman–Crippen LogP) is 1.68. The summed E-state index contributed by atoms with van der Waals surface area (Å²) in [4.78, 5) is 24.8. The average Bonchev–Trinajstić information content (AvgIpc) is 2.86. The van der Waals surface area contributed by atoms with Gasteiger partial charge < -0.3 is 19.2 Å². The number of aryl methyl sites for hydroxylation is 1. The van der Waals surface area contributed by atoms with E-state index in [0.29, 0.717) is 19.0 Å². The second kappa shape index (κ2) is 6.56. The molecule has 20 heavy (non-hydrogen) atoms. The highest BCUT2D eigenvalue weighted by atomic mass is 16.5. The number of rotatable bonds is 5. The molecule has 1 saturated heterocycles. The van der Waals surface area contributed by atoms with Gasteiger partial charge in [-0.15, -0.1) is 0 Å². The number of carboxylic acids is 1. The van der Waals surface area contributed by atoms with Gasteiger partial charge in [-0.3, -0.25) is 9.59 Å². The van der Waals surface area contributed by atoms with Gasteiger partial charge in [-0.1, -0.05) is 0 Å². The Morgan fingerprint density at radius 1 is 1.35 bits per heavy atom. The summed E-state index contributed by atoms with van der Waals surface area (Å²) < 4.78 is 10.6. The van der Waals surface area contributed by atoms with E-state index in [-0.39, 0.29) is 30.7 Å². The summed E-state index contributed by atoms with van der Waals surface area (Å²) >= 11 is 0. The van der Waals surface area contributed by atoms with Crippen LogP contribution in [-0.4, -0.2) is 47.7 Å². The normalized spacial score (nSPS) is 16.1. The van der Waals surface area contributed by atoms with Gasteiger partial charge in [0.2, 0.25) is 0 Å². The molecule has 0 unspecified atom stereocenters. The first-order chi connectivity index (χ1) is 9.58. The minimum Gasteiger partial charge on any atom is -0.481 e. The molecule has 1 amide bonds. The number of aliphatic carboxylic acids is 1. The maximum absolute atomic E-state index is 12.5. The van der Waals surface area contributed by atoms with Crippen molar-refractivity contribution in [2.45, 2.75) is 32.2 Å². The van der Waals surface area contributed by atoms with Gasteiger partial charge in [0, 0.05) is 25.8 Å². The molecular weight excluding hydrogens is 262 g/mol. The first-order valence-corrected chi connectivity index (χ1v) is 6.75. The highest BCUT2D eigenvalue weighted by molar-refractivity contribution is 5.92. The zero-order chi connectivity index (χ0) is 14.5. The van der Waals surface area contributed by atoms with E-state index in [2.05, 4.69) is 0 Å². The molecule has 6 heteroatoms. The Bertz CT molecular complexity index is 476. The fraction of sp³-hybridized carbons (Fsp3) is 0.571. The van der Waals surface area contributed by atoms with Gasteiger partial charge in [-0.05, 0) is 31.9 Å². The molecule has 6 nitrogen and oxygen atoms in total. The first-order valence-electron chi connectivity index (χ1n) is 6.75. The van der Waals surface area contributed by atoms with Crippen molar-refractivity contribution in [2.75, 3.05) is 19.8 Å². The van der Waals surface area contributed by atoms with E-state index in [0.717, 1.165) is 12.8 Å². The second-order valence-corrected chi connectivity index (χ2v) is 4.90. The van der Waals surface area contributed by atoms with Crippen LogP contribution >= 0.6 is 0 Å². The Kier molecular flexibility index (Phi) is 4.79. The molecule has 2 heterocycles. The molecule has 1 N–H and O–H groups in total. The number of amides is 1. The van der Waals surface area contributed by atoms with Crippen molar-refractivity contribution < 1.29 is 23.8 Å². The molecule has 0 aromatic carbocycles. The van der Waals surface area contributed by atoms with E-state index < -0.39 is 5.97 Å². The lowest BCUT2D eigenvalue weighted by Gasteiger charge is -2.33. The topological polar surface area (TPSA) is 80.0 Å². The van der Waals surface area contributed by atoms with E-state index in [1.54, 1.807) is 24.0 Å². The summed E-state index contributed by atoms with van der Waals surface area (Å²) in [6.07, 6.45) is 1.39. The molecule has 110 valence electrons. The number of ether oxygens (including phenoxy) is 1. The van der Waals surface area contributed by atoms with Crippen LogP contribution in [0.15, 0.2) is 16.5 Å². The van der Waals surface area contributed by atoms with Gasteiger partial charge in [-0.25, -0.2) is 0 Å². The van der Waals surface area contributed by atoms with E-state index >= 15 is 0 Å². The Balaban J connectivity index is 2.11. The third-order valence-electron chi connectivity index (χ3n) is 3.41. The van der Waals surface area contributed by atoms with E-state index in [9.17, 15) is 9.59 Å². The molecule has 0 atom stereocenters. The highest BCUT2D eigenvalue weighted by Gasteiger charge is 2.28. The zero-order valence-electron chi connectivity index (χ0n) is 11.5. The van der Waals surface area contributed by atoms with E-state index in [4.69, 9.17) is 14.3 Å². The predicted molar refractivity (Wildman–Crippen MR) is 70.6 cm³/mol. The van der Waals surface area contributed by atoms with Crippen LogP contribution in [0, 0.1) is 6.92 Å². The van der Waals surface area contributed by atoms with Gasteiger partial charge in [-0.2, -0.15) is 0 Å². The van der Waals surface area contributed by atoms with Crippen LogP contribution in [-0.2, 0) is 9.53 Å². The van der Waals surface area contributed by atoms with Crippen molar-refractivity contribution in [1.29, 1.82) is 0 Å². The number of hydrogen-bond acceptors (Lipinski definition) is 4. The zero-order valence-corrected chi connectivity index (χ0v) is 11.5. The molecule has 1 fully saturated rings. The number of carbonyl (C=O) groups excluding carboxylic acids is 1. The molecule has 0 bridgehead atoms. The third-order valence-corrected chi connectivity index (χ3v) is 3.41. The largest absolute Gasteiger partial charge is 0.481 e.